The van der Waals surface area contributed by atoms with Gasteiger partial charge in [-0.05, 0) is 28.2 Å². The lowest BCUT2D eigenvalue weighted by Gasteiger charge is -2.07. The summed E-state index contributed by atoms with van der Waals surface area (Å²) < 4.78 is 7.30. The zero-order chi connectivity index (χ0) is 17.2. The number of aromatic nitrogens is 2. The Morgan fingerprint density at radius 3 is 2.72 bits per heavy atom. The zero-order valence-electron chi connectivity index (χ0n) is 13.4. The van der Waals surface area contributed by atoms with E-state index < -0.39 is 0 Å². The molecule has 0 aliphatic heterocycles. The van der Waals surface area contributed by atoms with E-state index in [1.165, 1.54) is 0 Å². The van der Waals surface area contributed by atoms with Crippen LogP contribution in [0.3, 0.4) is 0 Å². The van der Waals surface area contributed by atoms with Gasteiger partial charge in [-0.2, -0.15) is 0 Å². The van der Waals surface area contributed by atoms with Gasteiger partial charge in [0, 0.05) is 17.2 Å². The van der Waals surface area contributed by atoms with E-state index in [2.05, 4.69) is 29.3 Å². The molecular formula is C18H14N2O2S3. The summed E-state index contributed by atoms with van der Waals surface area (Å²) in [6, 6.07) is 13.6. The fraction of sp³-hybridized carbons (Fsp3) is 0.167. The van der Waals surface area contributed by atoms with Crippen molar-refractivity contribution < 1.29 is 4.42 Å². The summed E-state index contributed by atoms with van der Waals surface area (Å²) in [6.07, 6.45) is 0. The minimum Gasteiger partial charge on any atom is -0.423 e. The average Bonchev–Trinajstić information content (AvgIpc) is 3.07. The first-order valence-corrected chi connectivity index (χ1v) is 10.6. The van der Waals surface area contributed by atoms with Crippen LogP contribution in [-0.2, 0) is 5.75 Å². The van der Waals surface area contributed by atoms with E-state index in [1.807, 2.05) is 24.3 Å². The van der Waals surface area contributed by atoms with Crippen molar-refractivity contribution in [3.8, 4) is 0 Å². The molecule has 0 amide bonds. The monoisotopic (exact) mass is 386 g/mol. The molecule has 0 aliphatic carbocycles. The van der Waals surface area contributed by atoms with Gasteiger partial charge in [-0.15, -0.1) is 10.2 Å². The number of nitrogens with zero attached hydrogens (tertiary/aromatic N) is 2. The molecule has 2 aromatic carbocycles. The van der Waals surface area contributed by atoms with Crippen LogP contribution in [0.1, 0.15) is 12.5 Å². The van der Waals surface area contributed by atoms with Crippen LogP contribution >= 0.6 is 34.9 Å². The van der Waals surface area contributed by atoms with Gasteiger partial charge < -0.3 is 4.42 Å². The number of benzene rings is 2. The summed E-state index contributed by atoms with van der Waals surface area (Å²) in [5.74, 6) is 1.64. The highest BCUT2D eigenvalue weighted by Gasteiger charge is 2.12. The third kappa shape index (κ3) is 3.44. The first kappa shape index (κ1) is 16.6. The summed E-state index contributed by atoms with van der Waals surface area (Å²) in [6.45, 7) is 2.10. The van der Waals surface area contributed by atoms with E-state index in [-0.39, 0.29) is 5.63 Å². The van der Waals surface area contributed by atoms with Crippen molar-refractivity contribution in [2.24, 2.45) is 0 Å². The topological polar surface area (TPSA) is 56.0 Å². The smallest absolute Gasteiger partial charge is 0.336 e. The summed E-state index contributed by atoms with van der Waals surface area (Å²) in [4.78, 5) is 11.9. The fourth-order valence-electron chi connectivity index (χ4n) is 2.71. The largest absolute Gasteiger partial charge is 0.423 e. The van der Waals surface area contributed by atoms with Gasteiger partial charge in [0.15, 0.2) is 8.68 Å². The van der Waals surface area contributed by atoms with Crippen molar-refractivity contribution in [2.75, 3.05) is 5.75 Å². The highest BCUT2D eigenvalue weighted by Crippen LogP contribution is 2.34. The van der Waals surface area contributed by atoms with Crippen molar-refractivity contribution >= 4 is 56.6 Å². The van der Waals surface area contributed by atoms with Crippen LogP contribution in [-0.4, -0.2) is 16.0 Å². The minimum atomic E-state index is -0.321. The highest BCUT2D eigenvalue weighted by atomic mass is 32.2. The number of hydrogen-bond donors (Lipinski definition) is 0. The zero-order valence-corrected chi connectivity index (χ0v) is 15.8. The van der Waals surface area contributed by atoms with Crippen molar-refractivity contribution in [1.29, 1.82) is 0 Å². The molecule has 2 aromatic heterocycles. The number of hydrogen-bond acceptors (Lipinski definition) is 7. The van der Waals surface area contributed by atoms with E-state index >= 15 is 0 Å². The Morgan fingerprint density at radius 1 is 1.08 bits per heavy atom. The second-order valence-electron chi connectivity index (χ2n) is 5.31. The molecule has 4 aromatic rings. The molecule has 0 aliphatic rings. The summed E-state index contributed by atoms with van der Waals surface area (Å²) in [5.41, 5.74) is 1.27. The predicted octanol–water partition coefficient (Wildman–Crippen LogP) is 5.20. The van der Waals surface area contributed by atoms with Gasteiger partial charge in [0.1, 0.15) is 5.58 Å². The lowest BCUT2D eigenvalue weighted by atomic mass is 10.0. The Balaban J connectivity index is 1.74. The molecular weight excluding hydrogens is 372 g/mol. The Morgan fingerprint density at radius 2 is 1.88 bits per heavy atom. The third-order valence-corrected chi connectivity index (χ3v) is 6.84. The molecule has 0 bridgehead atoms. The molecule has 0 atom stereocenters. The molecule has 4 nitrogen and oxygen atoms in total. The van der Waals surface area contributed by atoms with Crippen molar-refractivity contribution in [1.82, 2.24) is 10.2 Å². The fourth-order valence-corrected chi connectivity index (χ4v) is 5.61. The number of thioether (sulfide) groups is 2. The molecule has 0 unspecified atom stereocenters. The van der Waals surface area contributed by atoms with Crippen molar-refractivity contribution in [3.05, 3.63) is 58.4 Å². The lowest BCUT2D eigenvalue weighted by Crippen LogP contribution is -2.00. The van der Waals surface area contributed by atoms with Gasteiger partial charge >= 0.3 is 5.63 Å². The van der Waals surface area contributed by atoms with E-state index in [1.54, 1.807) is 40.9 Å². The van der Waals surface area contributed by atoms with Gasteiger partial charge in [0.25, 0.3) is 0 Å². The van der Waals surface area contributed by atoms with Crippen LogP contribution in [0, 0.1) is 0 Å². The maximum atomic E-state index is 11.9. The van der Waals surface area contributed by atoms with E-state index in [4.69, 9.17) is 4.42 Å². The van der Waals surface area contributed by atoms with Crippen LogP contribution in [0.5, 0.6) is 0 Å². The van der Waals surface area contributed by atoms with Crippen LogP contribution in [0.15, 0.2) is 60.4 Å². The molecule has 4 rings (SSSR count). The molecule has 25 heavy (non-hydrogen) atoms. The van der Waals surface area contributed by atoms with E-state index in [9.17, 15) is 4.79 Å². The number of fused-ring (bicyclic) bond motifs is 3. The Bertz CT molecular complexity index is 1100. The van der Waals surface area contributed by atoms with Gasteiger partial charge in [-0.25, -0.2) is 4.79 Å². The first-order chi connectivity index (χ1) is 12.2. The van der Waals surface area contributed by atoms with Crippen molar-refractivity contribution in [2.45, 2.75) is 21.4 Å². The van der Waals surface area contributed by atoms with E-state index in [0.29, 0.717) is 11.3 Å². The molecule has 0 spiro atoms. The Kier molecular flexibility index (Phi) is 4.78. The predicted molar refractivity (Wildman–Crippen MR) is 106 cm³/mol. The SMILES string of the molecule is CCSc1nnc(SCc2cc(=O)oc3ccc4ccccc4c23)s1. The van der Waals surface area contributed by atoms with E-state index in [0.717, 1.165) is 36.2 Å². The standard InChI is InChI=1S/C18H14N2O2S3/c1-2-23-17-19-20-18(25-17)24-10-12-9-15(21)22-14-8-7-11-5-3-4-6-13(11)16(12)14/h3-9H,2,10H2,1H3. The number of rotatable bonds is 5. The summed E-state index contributed by atoms with van der Waals surface area (Å²) in [7, 11) is 0. The molecule has 0 fully saturated rings. The Labute approximate surface area is 156 Å². The van der Waals surface area contributed by atoms with Gasteiger partial charge in [0.05, 0.1) is 0 Å². The molecule has 0 radical (unpaired) electrons. The molecule has 0 N–H and O–H groups in total. The second-order valence-corrected chi connectivity index (χ2v) is 9.02. The summed E-state index contributed by atoms with van der Waals surface area (Å²) in [5, 5.41) is 11.6. The quantitative estimate of drug-likeness (QED) is 0.267. The average molecular weight is 387 g/mol. The highest BCUT2D eigenvalue weighted by molar-refractivity contribution is 8.02. The molecule has 2 heterocycles. The third-order valence-electron chi connectivity index (χ3n) is 3.72. The maximum Gasteiger partial charge on any atom is 0.336 e. The molecule has 7 heteroatoms. The second kappa shape index (κ2) is 7.19. The van der Waals surface area contributed by atoms with Gasteiger partial charge in [0.2, 0.25) is 0 Å². The lowest BCUT2D eigenvalue weighted by molar-refractivity contribution is 0.560. The van der Waals surface area contributed by atoms with Crippen LogP contribution in [0.4, 0.5) is 0 Å². The van der Waals surface area contributed by atoms with Gasteiger partial charge in [-0.3, -0.25) is 0 Å². The van der Waals surface area contributed by atoms with Crippen molar-refractivity contribution in [3.63, 3.8) is 0 Å². The molecule has 0 saturated heterocycles. The molecule has 0 saturated carbocycles. The van der Waals surface area contributed by atoms with Crippen LogP contribution in [0.25, 0.3) is 21.7 Å². The Hall–Kier alpha value is -1.83. The normalized spacial score (nSPS) is 11.4. The van der Waals surface area contributed by atoms with Gasteiger partial charge in [-0.1, -0.05) is 72.1 Å². The maximum absolute atomic E-state index is 11.9. The van der Waals surface area contributed by atoms with Crippen LogP contribution in [0.2, 0.25) is 0 Å². The molecule has 126 valence electrons. The first-order valence-electron chi connectivity index (χ1n) is 7.78. The summed E-state index contributed by atoms with van der Waals surface area (Å²) >= 11 is 4.89. The van der Waals surface area contributed by atoms with Crippen LogP contribution < -0.4 is 5.63 Å². The minimum absolute atomic E-state index is 0.321.